The quantitative estimate of drug-likeness (QED) is 0.837. The minimum atomic E-state index is -1.73. The first-order valence-electron chi connectivity index (χ1n) is 7.89. The Morgan fingerprint density at radius 1 is 1.09 bits per heavy atom. The molecule has 5 heteroatoms. The molecule has 0 aliphatic rings. The predicted octanol–water partition coefficient (Wildman–Crippen LogP) is 4.16. The Bertz CT molecular complexity index is 649. The average Bonchev–Trinajstić information content (AvgIpc) is 2.52. The van der Waals surface area contributed by atoms with Gasteiger partial charge < -0.3 is 9.53 Å². The van der Waals surface area contributed by atoms with Gasteiger partial charge in [0.05, 0.1) is 18.9 Å². The second-order valence-electron chi connectivity index (χ2n) is 7.28. The molecule has 0 bridgehead atoms. The molecule has 0 amide bonds. The van der Waals surface area contributed by atoms with Gasteiger partial charge in [-0.25, -0.2) is 9.97 Å². The molecule has 0 fully saturated rings. The van der Waals surface area contributed by atoms with Gasteiger partial charge in [0.25, 0.3) is 0 Å². The lowest BCUT2D eigenvalue weighted by atomic mass is 10.1. The lowest BCUT2D eigenvalue weighted by Gasteiger charge is -2.36. The Labute approximate surface area is 139 Å². The van der Waals surface area contributed by atoms with E-state index in [2.05, 4.69) is 56.0 Å². The van der Waals surface area contributed by atoms with Crippen LogP contribution >= 0.6 is 0 Å². The summed E-state index contributed by atoms with van der Waals surface area (Å²) < 4.78 is 6.24. The predicted molar refractivity (Wildman–Crippen MR) is 95.4 cm³/mol. The molecule has 0 atom stereocenters. The number of benzene rings is 1. The van der Waals surface area contributed by atoms with Gasteiger partial charge >= 0.3 is 0 Å². The first-order chi connectivity index (χ1) is 10.7. The van der Waals surface area contributed by atoms with Crippen molar-refractivity contribution in [3.8, 4) is 11.4 Å². The van der Waals surface area contributed by atoms with E-state index in [1.165, 1.54) is 0 Å². The van der Waals surface area contributed by atoms with Crippen LogP contribution in [-0.2, 0) is 17.6 Å². The van der Waals surface area contributed by atoms with Crippen molar-refractivity contribution in [1.29, 1.82) is 0 Å². The van der Waals surface area contributed by atoms with Gasteiger partial charge in [0.2, 0.25) is 0 Å². The number of nitrogens with zero attached hydrogens (tertiary/aromatic N) is 2. The topological polar surface area (TPSA) is 55.2 Å². The van der Waals surface area contributed by atoms with Gasteiger partial charge in [-0.2, -0.15) is 0 Å². The summed E-state index contributed by atoms with van der Waals surface area (Å²) in [7, 11) is -1.73. The van der Waals surface area contributed by atoms with E-state index in [-0.39, 0.29) is 11.6 Å². The average molecular weight is 331 g/mol. The van der Waals surface area contributed by atoms with Crippen molar-refractivity contribution in [3.05, 3.63) is 47.8 Å². The fourth-order valence-corrected chi connectivity index (χ4v) is 2.81. The van der Waals surface area contributed by atoms with Gasteiger partial charge in [0, 0.05) is 11.8 Å². The Hall–Kier alpha value is -1.56. The summed E-state index contributed by atoms with van der Waals surface area (Å²) in [6, 6.07) is 9.82. The smallest absolute Gasteiger partial charge is 0.192 e. The zero-order valence-corrected chi connectivity index (χ0v) is 15.6. The van der Waals surface area contributed by atoms with E-state index in [4.69, 9.17) is 9.53 Å². The first kappa shape index (κ1) is 17.8. The third-order valence-electron chi connectivity index (χ3n) is 4.49. The van der Waals surface area contributed by atoms with Crippen LogP contribution in [0.1, 0.15) is 32.0 Å². The largest absolute Gasteiger partial charge is 0.413 e. The van der Waals surface area contributed by atoms with Crippen molar-refractivity contribution < 1.29 is 9.53 Å². The maximum Gasteiger partial charge on any atom is 0.192 e. The highest BCUT2D eigenvalue weighted by Crippen LogP contribution is 2.37. The number of rotatable bonds is 5. The Balaban J connectivity index is 2.08. The first-order valence-corrected chi connectivity index (χ1v) is 10.8. The van der Waals surface area contributed by atoms with Crippen molar-refractivity contribution in [2.75, 3.05) is 0 Å². The van der Waals surface area contributed by atoms with Crippen LogP contribution < -0.4 is 0 Å². The fraction of sp³-hybridized carbons (Fsp3) is 0.444. The molecule has 0 aliphatic heterocycles. The van der Waals surface area contributed by atoms with Crippen molar-refractivity contribution in [3.63, 3.8) is 0 Å². The van der Waals surface area contributed by atoms with E-state index < -0.39 is 8.32 Å². The lowest BCUT2D eigenvalue weighted by Crippen LogP contribution is -2.40. The van der Waals surface area contributed by atoms with Crippen molar-refractivity contribution in [2.24, 2.45) is 0 Å². The summed E-state index contributed by atoms with van der Waals surface area (Å²) in [5.41, 5.74) is 2.72. The lowest BCUT2D eigenvalue weighted by molar-refractivity contribution is 0.276. The van der Waals surface area contributed by atoms with Gasteiger partial charge in [-0.05, 0) is 29.8 Å². The minimum Gasteiger partial charge on any atom is -0.413 e. The highest BCUT2D eigenvalue weighted by Gasteiger charge is 2.36. The molecule has 0 saturated heterocycles. The summed E-state index contributed by atoms with van der Waals surface area (Å²) in [4.78, 5) is 8.58. The van der Waals surface area contributed by atoms with Gasteiger partial charge in [-0.1, -0.05) is 45.0 Å². The molecule has 1 N–H and O–H groups in total. The molecular weight excluding hydrogens is 304 g/mol. The summed E-state index contributed by atoms with van der Waals surface area (Å²) >= 11 is 0. The van der Waals surface area contributed by atoms with Crippen molar-refractivity contribution >= 4 is 8.32 Å². The highest BCUT2D eigenvalue weighted by molar-refractivity contribution is 6.74. The third-order valence-corrected chi connectivity index (χ3v) is 8.97. The van der Waals surface area contributed by atoms with Gasteiger partial charge in [-0.15, -0.1) is 0 Å². The zero-order valence-electron chi connectivity index (χ0n) is 14.6. The molecule has 4 nitrogen and oxygen atoms in total. The van der Waals surface area contributed by atoms with Crippen LogP contribution in [0.5, 0.6) is 0 Å². The van der Waals surface area contributed by atoms with E-state index in [1.54, 1.807) is 12.3 Å². The second-order valence-corrected chi connectivity index (χ2v) is 12.1. The summed E-state index contributed by atoms with van der Waals surface area (Å²) in [6.45, 7) is 11.8. The van der Waals surface area contributed by atoms with Crippen LogP contribution in [0.4, 0.5) is 0 Å². The molecule has 2 aromatic rings. The maximum absolute atomic E-state index is 9.16. The molecule has 0 radical (unpaired) electrons. The molecule has 1 aromatic heterocycles. The van der Waals surface area contributed by atoms with Crippen LogP contribution in [-0.4, -0.2) is 23.4 Å². The molecule has 23 heavy (non-hydrogen) atoms. The van der Waals surface area contributed by atoms with Crippen molar-refractivity contribution in [2.45, 2.75) is 52.1 Å². The normalized spacial score (nSPS) is 12.4. The molecule has 0 aliphatic carbocycles. The van der Waals surface area contributed by atoms with Gasteiger partial charge in [0.15, 0.2) is 14.1 Å². The molecular formula is C18H26N2O2Si. The zero-order chi connectivity index (χ0) is 17.1. The van der Waals surface area contributed by atoms with Crippen LogP contribution in [0.2, 0.25) is 18.1 Å². The Morgan fingerprint density at radius 2 is 1.74 bits per heavy atom. The minimum absolute atomic E-state index is 0.0754. The summed E-state index contributed by atoms with van der Waals surface area (Å²) in [6.07, 6.45) is 1.67. The fourth-order valence-electron chi connectivity index (χ4n) is 1.85. The molecule has 0 unspecified atom stereocenters. The van der Waals surface area contributed by atoms with E-state index in [9.17, 15) is 0 Å². The molecule has 1 aromatic carbocycles. The molecule has 124 valence electrons. The number of aromatic nitrogens is 2. The maximum atomic E-state index is 9.16. The molecule has 1 heterocycles. The third kappa shape index (κ3) is 4.47. The van der Waals surface area contributed by atoms with Gasteiger partial charge in [-0.3, -0.25) is 0 Å². The Morgan fingerprint density at radius 3 is 2.30 bits per heavy atom. The molecule has 2 rings (SSSR count). The monoisotopic (exact) mass is 330 g/mol. The van der Waals surface area contributed by atoms with E-state index >= 15 is 0 Å². The highest BCUT2D eigenvalue weighted by atomic mass is 28.4. The number of aliphatic hydroxyl groups is 1. The molecule has 0 saturated carbocycles. The second kappa shape index (κ2) is 6.91. The Kier molecular flexibility index (Phi) is 5.34. The molecule has 0 spiro atoms. The van der Waals surface area contributed by atoms with E-state index in [1.807, 2.05) is 12.1 Å². The van der Waals surface area contributed by atoms with Crippen LogP contribution in [0.3, 0.4) is 0 Å². The van der Waals surface area contributed by atoms with Crippen LogP contribution in [0, 0.1) is 0 Å². The summed E-state index contributed by atoms with van der Waals surface area (Å²) in [5, 5.41) is 9.38. The summed E-state index contributed by atoms with van der Waals surface area (Å²) in [5.74, 6) is 0.633. The number of aliphatic hydroxyl groups excluding tert-OH is 1. The SMILES string of the molecule is CC(C)(C)[Si](C)(C)OCc1ccc(-c2nccc(CO)n2)cc1. The van der Waals surface area contributed by atoms with E-state index in [0.29, 0.717) is 18.1 Å². The van der Waals surface area contributed by atoms with E-state index in [0.717, 1.165) is 11.1 Å². The standard InChI is InChI=1S/C18H26N2O2Si/c1-18(2,3)23(4,5)22-13-14-6-8-15(9-7-14)17-19-11-10-16(12-21)20-17/h6-11,21H,12-13H2,1-5H3. The van der Waals surface area contributed by atoms with Crippen LogP contribution in [0.15, 0.2) is 36.5 Å². The van der Waals surface area contributed by atoms with Gasteiger partial charge in [0.1, 0.15) is 0 Å². The number of hydrogen-bond acceptors (Lipinski definition) is 4. The number of hydrogen-bond donors (Lipinski definition) is 1. The van der Waals surface area contributed by atoms with Crippen LogP contribution in [0.25, 0.3) is 11.4 Å². The van der Waals surface area contributed by atoms with Crippen molar-refractivity contribution in [1.82, 2.24) is 9.97 Å².